The molecule has 0 aliphatic rings. The molecule has 108 valence electrons. The second-order valence-corrected chi connectivity index (χ2v) is 6.72. The van der Waals surface area contributed by atoms with E-state index >= 15 is 0 Å². The Labute approximate surface area is 124 Å². The fraction of sp³-hybridized carbons (Fsp3) is 0.118. The van der Waals surface area contributed by atoms with E-state index in [0.29, 0.717) is 5.56 Å². The van der Waals surface area contributed by atoms with Gasteiger partial charge in [-0.05, 0) is 31.5 Å². The lowest BCUT2D eigenvalue weighted by molar-refractivity contribution is -0.112. The highest BCUT2D eigenvalue weighted by Gasteiger charge is 2.22. The summed E-state index contributed by atoms with van der Waals surface area (Å²) in [5.41, 5.74) is 1.49. The monoisotopic (exact) mass is 300 g/mol. The Balaban J connectivity index is 2.61. The Bertz CT molecular complexity index is 771. The highest BCUT2D eigenvalue weighted by molar-refractivity contribution is 8.00. The average Bonchev–Trinajstić information content (AvgIpc) is 2.46. The van der Waals surface area contributed by atoms with E-state index < -0.39 is 9.84 Å². The molecule has 0 aromatic heterocycles. The van der Waals surface area contributed by atoms with Crippen LogP contribution >= 0.6 is 0 Å². The number of hydrogen-bond acceptors (Lipinski definition) is 3. The highest BCUT2D eigenvalue weighted by Crippen LogP contribution is 2.28. The minimum atomic E-state index is -3.73. The Hall–Kier alpha value is -2.20. The molecule has 0 heterocycles. The van der Waals surface area contributed by atoms with E-state index in [4.69, 9.17) is 0 Å². The van der Waals surface area contributed by atoms with Crippen molar-refractivity contribution in [2.75, 3.05) is 0 Å². The third-order valence-corrected chi connectivity index (χ3v) is 4.84. The highest BCUT2D eigenvalue weighted by atomic mass is 32.2. The van der Waals surface area contributed by atoms with E-state index in [1.807, 2.05) is 6.92 Å². The fourth-order valence-electron chi connectivity index (χ4n) is 1.95. The zero-order chi connectivity index (χ0) is 15.5. The molecule has 0 radical (unpaired) electrons. The van der Waals surface area contributed by atoms with Crippen LogP contribution in [-0.2, 0) is 14.6 Å². The van der Waals surface area contributed by atoms with Crippen molar-refractivity contribution in [1.29, 1.82) is 0 Å². The first-order valence-electron chi connectivity index (χ1n) is 6.51. The minimum absolute atomic E-state index is 0.0273. The second-order valence-electron chi connectivity index (χ2n) is 4.80. The zero-order valence-corrected chi connectivity index (χ0v) is 12.7. The predicted molar refractivity (Wildman–Crippen MR) is 83.5 cm³/mol. The molecule has 2 aromatic carbocycles. The number of allylic oxidation sites excluding steroid dienone is 1. The zero-order valence-electron chi connectivity index (χ0n) is 11.9. The summed E-state index contributed by atoms with van der Waals surface area (Å²) in [7, 11) is -3.73. The van der Waals surface area contributed by atoms with Crippen molar-refractivity contribution >= 4 is 20.5 Å². The maximum Gasteiger partial charge on any atom is 0.207 e. The molecule has 21 heavy (non-hydrogen) atoms. The van der Waals surface area contributed by atoms with E-state index in [1.165, 1.54) is 13.0 Å². The van der Waals surface area contributed by atoms with Crippen LogP contribution in [0.2, 0.25) is 0 Å². The van der Waals surface area contributed by atoms with Crippen LogP contribution in [0, 0.1) is 6.92 Å². The summed E-state index contributed by atoms with van der Waals surface area (Å²) >= 11 is 0. The Kier molecular flexibility index (Phi) is 4.38. The van der Waals surface area contributed by atoms with Gasteiger partial charge in [0.2, 0.25) is 9.84 Å². The number of rotatable bonds is 4. The van der Waals surface area contributed by atoms with Crippen molar-refractivity contribution in [3.05, 3.63) is 71.8 Å². The maximum atomic E-state index is 12.8. The number of carbonyl (C=O) groups is 1. The molecule has 0 aliphatic carbocycles. The van der Waals surface area contributed by atoms with Crippen LogP contribution in [0.3, 0.4) is 0 Å². The van der Waals surface area contributed by atoms with Crippen LogP contribution in [-0.4, -0.2) is 14.2 Å². The van der Waals surface area contributed by atoms with Gasteiger partial charge in [0.1, 0.15) is 0 Å². The molecule has 3 nitrogen and oxygen atoms in total. The van der Waals surface area contributed by atoms with Crippen LogP contribution < -0.4 is 0 Å². The van der Waals surface area contributed by atoms with Crippen LogP contribution in [0.25, 0.3) is 4.91 Å². The molecule has 0 bridgehead atoms. The van der Waals surface area contributed by atoms with Gasteiger partial charge >= 0.3 is 0 Å². The van der Waals surface area contributed by atoms with Gasteiger partial charge in [-0.15, -0.1) is 0 Å². The normalized spacial score (nSPS) is 12.2. The van der Waals surface area contributed by atoms with Crippen LogP contribution in [0.5, 0.6) is 0 Å². The lowest BCUT2D eigenvalue weighted by Gasteiger charge is -2.09. The third kappa shape index (κ3) is 3.47. The lowest BCUT2D eigenvalue weighted by Crippen LogP contribution is -2.06. The minimum Gasteiger partial charge on any atom is -0.295 e. The first kappa shape index (κ1) is 15.2. The summed E-state index contributed by atoms with van der Waals surface area (Å²) in [6.45, 7) is 3.23. The summed E-state index contributed by atoms with van der Waals surface area (Å²) in [6.07, 6.45) is 1.17. The molecule has 0 atom stereocenters. The molecule has 0 spiro atoms. The van der Waals surface area contributed by atoms with Gasteiger partial charge in [-0.2, -0.15) is 0 Å². The number of sulfone groups is 1. The van der Waals surface area contributed by atoms with Gasteiger partial charge in [-0.25, -0.2) is 8.42 Å². The van der Waals surface area contributed by atoms with Crippen molar-refractivity contribution in [1.82, 2.24) is 0 Å². The predicted octanol–water partition coefficient (Wildman–Crippen LogP) is 3.40. The van der Waals surface area contributed by atoms with Crippen molar-refractivity contribution in [3.63, 3.8) is 0 Å². The molecule has 0 aliphatic heterocycles. The molecule has 0 amide bonds. The molecular weight excluding hydrogens is 284 g/mol. The Morgan fingerprint density at radius 2 is 1.52 bits per heavy atom. The maximum absolute atomic E-state index is 12.8. The summed E-state index contributed by atoms with van der Waals surface area (Å²) in [5.74, 6) is -0.301. The number of ketones is 1. The average molecular weight is 300 g/mol. The molecule has 0 fully saturated rings. The van der Waals surface area contributed by atoms with Gasteiger partial charge in [0.15, 0.2) is 5.78 Å². The van der Waals surface area contributed by atoms with Crippen LogP contribution in [0.15, 0.2) is 65.6 Å². The second kappa shape index (κ2) is 6.06. The van der Waals surface area contributed by atoms with Crippen molar-refractivity contribution in [2.45, 2.75) is 18.7 Å². The van der Waals surface area contributed by atoms with Crippen LogP contribution in [0.4, 0.5) is 0 Å². The lowest BCUT2D eigenvalue weighted by atomic mass is 10.2. The molecule has 2 rings (SSSR count). The molecule has 0 unspecified atom stereocenters. The number of benzene rings is 2. The number of aryl methyl sites for hydroxylation is 1. The van der Waals surface area contributed by atoms with Gasteiger partial charge < -0.3 is 0 Å². The van der Waals surface area contributed by atoms with Gasteiger partial charge in [-0.1, -0.05) is 48.0 Å². The number of carbonyl (C=O) groups excluding carboxylic acids is 1. The van der Waals surface area contributed by atoms with E-state index in [0.717, 1.165) is 5.56 Å². The van der Waals surface area contributed by atoms with E-state index in [2.05, 4.69) is 0 Å². The van der Waals surface area contributed by atoms with E-state index in [1.54, 1.807) is 54.6 Å². The number of hydrogen-bond donors (Lipinski definition) is 0. The summed E-state index contributed by atoms with van der Waals surface area (Å²) in [4.78, 5) is 11.6. The Morgan fingerprint density at radius 3 is 2.05 bits per heavy atom. The molecule has 0 saturated carbocycles. The Morgan fingerprint density at radius 1 is 0.952 bits per heavy atom. The standard InChI is InChI=1S/C17H16O3S/c1-13-8-10-16(11-9-13)21(19,20)17(12-14(2)18)15-6-4-3-5-7-15/h3-12H,1-2H3/b17-12-. The van der Waals surface area contributed by atoms with Crippen molar-refractivity contribution in [3.8, 4) is 0 Å². The fourth-order valence-corrected chi connectivity index (χ4v) is 3.46. The molecule has 2 aromatic rings. The summed E-state index contributed by atoms with van der Waals surface area (Å²) in [6, 6.07) is 15.2. The van der Waals surface area contributed by atoms with Gasteiger partial charge in [0.25, 0.3) is 0 Å². The first-order chi connectivity index (χ1) is 9.91. The first-order valence-corrected chi connectivity index (χ1v) is 7.99. The molecule has 4 heteroatoms. The SMILES string of the molecule is CC(=O)/C=C(/c1ccccc1)S(=O)(=O)c1ccc(C)cc1. The van der Waals surface area contributed by atoms with Gasteiger partial charge in [-0.3, -0.25) is 4.79 Å². The molecular formula is C17H16O3S. The van der Waals surface area contributed by atoms with E-state index in [9.17, 15) is 13.2 Å². The topological polar surface area (TPSA) is 51.2 Å². The quantitative estimate of drug-likeness (QED) is 0.813. The largest absolute Gasteiger partial charge is 0.295 e. The van der Waals surface area contributed by atoms with Gasteiger partial charge in [0.05, 0.1) is 9.80 Å². The van der Waals surface area contributed by atoms with Crippen molar-refractivity contribution < 1.29 is 13.2 Å². The van der Waals surface area contributed by atoms with E-state index in [-0.39, 0.29) is 15.6 Å². The third-order valence-electron chi connectivity index (χ3n) is 3.01. The smallest absolute Gasteiger partial charge is 0.207 e. The molecule has 0 saturated heterocycles. The van der Waals surface area contributed by atoms with Crippen LogP contribution in [0.1, 0.15) is 18.1 Å². The summed E-state index contributed by atoms with van der Waals surface area (Å²) < 4.78 is 25.5. The summed E-state index contributed by atoms with van der Waals surface area (Å²) in [5, 5.41) is 0. The van der Waals surface area contributed by atoms with Crippen molar-refractivity contribution in [2.24, 2.45) is 0 Å². The van der Waals surface area contributed by atoms with Gasteiger partial charge in [0, 0.05) is 6.08 Å². The molecule has 0 N–H and O–H groups in total.